The SMILES string of the molecule is Cc1cccc(C2CC2CNC(C)C)c1C. The van der Waals surface area contributed by atoms with Crippen molar-refractivity contribution < 1.29 is 0 Å². The van der Waals surface area contributed by atoms with Crippen LogP contribution in [0.25, 0.3) is 0 Å². The summed E-state index contributed by atoms with van der Waals surface area (Å²) >= 11 is 0. The Morgan fingerprint density at radius 2 is 2.06 bits per heavy atom. The zero-order chi connectivity index (χ0) is 11.7. The van der Waals surface area contributed by atoms with Gasteiger partial charge in [-0.25, -0.2) is 0 Å². The largest absolute Gasteiger partial charge is 0.314 e. The number of hydrogen-bond donors (Lipinski definition) is 1. The van der Waals surface area contributed by atoms with Crippen molar-refractivity contribution in [3.8, 4) is 0 Å². The van der Waals surface area contributed by atoms with E-state index >= 15 is 0 Å². The molecular formula is C15H23N. The van der Waals surface area contributed by atoms with Gasteiger partial charge in [-0.15, -0.1) is 0 Å². The van der Waals surface area contributed by atoms with Crippen LogP contribution in [0.2, 0.25) is 0 Å². The molecule has 1 fully saturated rings. The molecule has 0 aromatic heterocycles. The van der Waals surface area contributed by atoms with Gasteiger partial charge in [-0.2, -0.15) is 0 Å². The molecule has 0 bridgehead atoms. The standard InChI is InChI=1S/C15H23N/c1-10(2)16-9-13-8-15(13)14-7-5-6-11(3)12(14)4/h5-7,10,13,15-16H,8-9H2,1-4H3. The molecule has 0 amide bonds. The Balaban J connectivity index is 1.98. The first-order chi connectivity index (χ1) is 7.59. The van der Waals surface area contributed by atoms with E-state index in [0.717, 1.165) is 11.8 Å². The van der Waals surface area contributed by atoms with Gasteiger partial charge in [-0.05, 0) is 55.3 Å². The Labute approximate surface area is 99.3 Å². The molecule has 1 saturated carbocycles. The third-order valence-corrected chi connectivity index (χ3v) is 3.76. The summed E-state index contributed by atoms with van der Waals surface area (Å²) in [6.45, 7) is 10.1. The lowest BCUT2D eigenvalue weighted by Crippen LogP contribution is -2.25. The van der Waals surface area contributed by atoms with Gasteiger partial charge in [0.15, 0.2) is 0 Å². The smallest absolute Gasteiger partial charge is 0.00104 e. The second-order valence-corrected chi connectivity index (χ2v) is 5.45. The average molecular weight is 217 g/mol. The quantitative estimate of drug-likeness (QED) is 0.815. The second-order valence-electron chi connectivity index (χ2n) is 5.45. The van der Waals surface area contributed by atoms with Gasteiger partial charge in [0.1, 0.15) is 0 Å². The van der Waals surface area contributed by atoms with Crippen molar-refractivity contribution in [2.24, 2.45) is 5.92 Å². The topological polar surface area (TPSA) is 12.0 Å². The summed E-state index contributed by atoms with van der Waals surface area (Å²) in [5.41, 5.74) is 4.51. The third-order valence-electron chi connectivity index (χ3n) is 3.76. The van der Waals surface area contributed by atoms with E-state index in [9.17, 15) is 0 Å². The molecule has 0 spiro atoms. The maximum absolute atomic E-state index is 3.54. The van der Waals surface area contributed by atoms with Gasteiger partial charge in [0.05, 0.1) is 0 Å². The number of aryl methyl sites for hydroxylation is 1. The fourth-order valence-corrected chi connectivity index (χ4v) is 2.42. The molecule has 1 heteroatoms. The van der Waals surface area contributed by atoms with E-state index in [2.05, 4.69) is 51.2 Å². The van der Waals surface area contributed by atoms with Crippen molar-refractivity contribution in [1.82, 2.24) is 5.32 Å². The number of rotatable bonds is 4. The Morgan fingerprint density at radius 1 is 1.31 bits per heavy atom. The van der Waals surface area contributed by atoms with Crippen molar-refractivity contribution in [3.05, 3.63) is 34.9 Å². The lowest BCUT2D eigenvalue weighted by molar-refractivity contribution is 0.554. The highest BCUT2D eigenvalue weighted by Gasteiger charge is 2.38. The Bertz CT molecular complexity index is 368. The summed E-state index contributed by atoms with van der Waals surface area (Å²) in [7, 11) is 0. The van der Waals surface area contributed by atoms with E-state index in [1.54, 1.807) is 5.56 Å². The molecule has 1 aromatic rings. The van der Waals surface area contributed by atoms with Crippen LogP contribution in [0.1, 0.15) is 42.9 Å². The Morgan fingerprint density at radius 3 is 2.75 bits per heavy atom. The minimum Gasteiger partial charge on any atom is -0.314 e. The maximum Gasteiger partial charge on any atom is 0.00104 e. The highest BCUT2D eigenvalue weighted by molar-refractivity contribution is 5.38. The molecule has 0 aliphatic heterocycles. The lowest BCUT2D eigenvalue weighted by atomic mass is 9.99. The van der Waals surface area contributed by atoms with Crippen LogP contribution < -0.4 is 5.32 Å². The van der Waals surface area contributed by atoms with Crippen LogP contribution in [0, 0.1) is 19.8 Å². The Hall–Kier alpha value is -0.820. The van der Waals surface area contributed by atoms with Gasteiger partial charge in [0.25, 0.3) is 0 Å². The predicted octanol–water partition coefficient (Wildman–Crippen LogP) is 3.40. The van der Waals surface area contributed by atoms with Gasteiger partial charge in [-0.1, -0.05) is 32.0 Å². The van der Waals surface area contributed by atoms with E-state index in [-0.39, 0.29) is 0 Å². The van der Waals surface area contributed by atoms with E-state index in [0.29, 0.717) is 6.04 Å². The van der Waals surface area contributed by atoms with Gasteiger partial charge in [-0.3, -0.25) is 0 Å². The summed E-state index contributed by atoms with van der Waals surface area (Å²) in [6.07, 6.45) is 1.37. The lowest BCUT2D eigenvalue weighted by Gasteiger charge is -2.10. The normalized spacial score (nSPS) is 23.8. The summed E-state index contributed by atoms with van der Waals surface area (Å²) in [5, 5.41) is 3.54. The molecule has 16 heavy (non-hydrogen) atoms. The molecule has 1 N–H and O–H groups in total. The molecule has 1 aromatic carbocycles. The summed E-state index contributed by atoms with van der Waals surface area (Å²) in [5.74, 6) is 1.68. The zero-order valence-electron chi connectivity index (χ0n) is 10.9. The first kappa shape index (κ1) is 11.7. The van der Waals surface area contributed by atoms with E-state index < -0.39 is 0 Å². The zero-order valence-corrected chi connectivity index (χ0v) is 10.9. The number of nitrogens with one attached hydrogen (secondary N) is 1. The van der Waals surface area contributed by atoms with Gasteiger partial charge >= 0.3 is 0 Å². The second kappa shape index (κ2) is 4.58. The number of benzene rings is 1. The van der Waals surface area contributed by atoms with E-state index in [1.807, 2.05) is 0 Å². The molecular weight excluding hydrogens is 194 g/mol. The van der Waals surface area contributed by atoms with Gasteiger partial charge in [0, 0.05) is 6.04 Å². The van der Waals surface area contributed by atoms with Crippen LogP contribution in [-0.2, 0) is 0 Å². The molecule has 0 radical (unpaired) electrons. The van der Waals surface area contributed by atoms with Crippen LogP contribution >= 0.6 is 0 Å². The minimum atomic E-state index is 0.611. The molecule has 2 unspecified atom stereocenters. The van der Waals surface area contributed by atoms with Crippen molar-refractivity contribution in [3.63, 3.8) is 0 Å². The van der Waals surface area contributed by atoms with E-state index in [4.69, 9.17) is 0 Å². The number of hydrogen-bond acceptors (Lipinski definition) is 1. The minimum absolute atomic E-state index is 0.611. The van der Waals surface area contributed by atoms with Crippen LogP contribution in [0.5, 0.6) is 0 Å². The van der Waals surface area contributed by atoms with Crippen molar-refractivity contribution in [1.29, 1.82) is 0 Å². The predicted molar refractivity (Wildman–Crippen MR) is 69.9 cm³/mol. The summed E-state index contributed by atoms with van der Waals surface area (Å²) in [4.78, 5) is 0. The Kier molecular flexibility index (Phi) is 3.34. The summed E-state index contributed by atoms with van der Waals surface area (Å²) < 4.78 is 0. The van der Waals surface area contributed by atoms with Crippen molar-refractivity contribution in [2.75, 3.05) is 6.54 Å². The fourth-order valence-electron chi connectivity index (χ4n) is 2.42. The first-order valence-corrected chi connectivity index (χ1v) is 6.39. The van der Waals surface area contributed by atoms with Crippen LogP contribution in [0.3, 0.4) is 0 Å². The molecule has 2 atom stereocenters. The van der Waals surface area contributed by atoms with Crippen molar-refractivity contribution in [2.45, 2.75) is 46.1 Å². The molecule has 2 rings (SSSR count). The molecule has 1 aliphatic carbocycles. The maximum atomic E-state index is 3.54. The van der Waals surface area contributed by atoms with Crippen LogP contribution in [-0.4, -0.2) is 12.6 Å². The van der Waals surface area contributed by atoms with Gasteiger partial charge < -0.3 is 5.32 Å². The van der Waals surface area contributed by atoms with E-state index in [1.165, 1.54) is 24.1 Å². The average Bonchev–Trinajstić information content (AvgIpc) is 2.98. The highest BCUT2D eigenvalue weighted by Crippen LogP contribution is 2.48. The molecule has 88 valence electrons. The third kappa shape index (κ3) is 2.46. The highest BCUT2D eigenvalue weighted by atomic mass is 14.9. The molecule has 0 heterocycles. The molecule has 0 saturated heterocycles. The first-order valence-electron chi connectivity index (χ1n) is 6.39. The van der Waals surface area contributed by atoms with Crippen LogP contribution in [0.4, 0.5) is 0 Å². The summed E-state index contributed by atoms with van der Waals surface area (Å²) in [6, 6.07) is 7.33. The molecule has 1 nitrogen and oxygen atoms in total. The van der Waals surface area contributed by atoms with Crippen LogP contribution in [0.15, 0.2) is 18.2 Å². The monoisotopic (exact) mass is 217 g/mol. The van der Waals surface area contributed by atoms with Gasteiger partial charge in [0.2, 0.25) is 0 Å². The fraction of sp³-hybridized carbons (Fsp3) is 0.600. The van der Waals surface area contributed by atoms with Crippen molar-refractivity contribution >= 4 is 0 Å². The molecule has 1 aliphatic rings.